The van der Waals surface area contributed by atoms with Crippen LogP contribution in [0.3, 0.4) is 0 Å². The Balaban J connectivity index is 1.77. The molecule has 2 heterocycles. The van der Waals surface area contributed by atoms with E-state index in [1.807, 2.05) is 0 Å². The summed E-state index contributed by atoms with van der Waals surface area (Å²) < 4.78 is 27.6. The second kappa shape index (κ2) is 5.11. The fourth-order valence-corrected chi connectivity index (χ4v) is 3.88. The Hall–Kier alpha value is -1.34. The largest absolute Gasteiger partial charge is 0.478 e. The first-order chi connectivity index (χ1) is 8.46. The van der Waals surface area contributed by atoms with Gasteiger partial charge in [0, 0.05) is 0 Å². The highest BCUT2D eigenvalue weighted by molar-refractivity contribution is 7.91. The van der Waals surface area contributed by atoms with E-state index < -0.39 is 15.8 Å². The molecule has 2 N–H and O–H groups in total. The monoisotopic (exact) mass is 273 g/mol. The number of carbonyl (C=O) groups is 1. The van der Waals surface area contributed by atoms with Crippen LogP contribution in [0.5, 0.6) is 0 Å². The predicted molar refractivity (Wildman–Crippen MR) is 64.1 cm³/mol. The zero-order chi connectivity index (χ0) is 13.2. The van der Waals surface area contributed by atoms with E-state index in [1.54, 1.807) is 0 Å². The molecule has 1 atom stereocenters. The summed E-state index contributed by atoms with van der Waals surface area (Å²) in [5.41, 5.74) is 0.121. The van der Waals surface area contributed by atoms with Gasteiger partial charge in [-0.25, -0.2) is 13.2 Å². The third-order valence-electron chi connectivity index (χ3n) is 2.96. The number of hydrogen-bond donors (Lipinski definition) is 2. The summed E-state index contributed by atoms with van der Waals surface area (Å²) in [6.07, 6.45) is 1.88. The number of rotatable bonds is 5. The molecule has 1 fully saturated rings. The van der Waals surface area contributed by atoms with Crippen molar-refractivity contribution in [1.82, 2.24) is 5.32 Å². The quantitative estimate of drug-likeness (QED) is 0.811. The van der Waals surface area contributed by atoms with Crippen molar-refractivity contribution in [1.29, 1.82) is 0 Å². The summed E-state index contributed by atoms with van der Waals surface area (Å²) >= 11 is 0. The van der Waals surface area contributed by atoms with Crippen LogP contribution in [0.4, 0.5) is 0 Å². The lowest BCUT2D eigenvalue weighted by Crippen LogP contribution is -2.23. The number of aromatic carboxylic acids is 1. The van der Waals surface area contributed by atoms with E-state index in [-0.39, 0.29) is 23.0 Å². The molecule has 0 bridgehead atoms. The van der Waals surface area contributed by atoms with E-state index >= 15 is 0 Å². The van der Waals surface area contributed by atoms with Crippen LogP contribution in [0.1, 0.15) is 22.5 Å². The number of carboxylic acids is 1. The van der Waals surface area contributed by atoms with Crippen molar-refractivity contribution >= 4 is 15.8 Å². The summed E-state index contributed by atoms with van der Waals surface area (Å²) in [5.74, 6) is 0.158. The molecule has 2 rings (SSSR count). The first-order valence-corrected chi connectivity index (χ1v) is 7.50. The van der Waals surface area contributed by atoms with Gasteiger partial charge in [0.25, 0.3) is 0 Å². The van der Waals surface area contributed by atoms with Gasteiger partial charge in [-0.2, -0.15) is 0 Å². The molecule has 0 aliphatic carbocycles. The van der Waals surface area contributed by atoms with Crippen LogP contribution >= 0.6 is 0 Å². The first-order valence-electron chi connectivity index (χ1n) is 5.68. The molecule has 0 radical (unpaired) electrons. The predicted octanol–water partition coefficient (Wildman–Crippen LogP) is 0.502. The molecular formula is C11H15NO5S. The second-order valence-electron chi connectivity index (χ2n) is 4.51. The van der Waals surface area contributed by atoms with E-state index in [4.69, 9.17) is 9.52 Å². The molecule has 1 aromatic rings. The summed E-state index contributed by atoms with van der Waals surface area (Å²) in [5, 5.41) is 11.8. The molecule has 1 saturated heterocycles. The lowest BCUT2D eigenvalue weighted by molar-refractivity contribution is 0.0696. The molecule has 6 nitrogen and oxygen atoms in total. The van der Waals surface area contributed by atoms with E-state index in [2.05, 4.69) is 5.32 Å². The lowest BCUT2D eigenvalue weighted by atomic mass is 10.1. The molecule has 0 saturated carbocycles. The Morgan fingerprint density at radius 3 is 2.89 bits per heavy atom. The smallest absolute Gasteiger partial charge is 0.338 e. The third-order valence-corrected chi connectivity index (χ3v) is 4.80. The van der Waals surface area contributed by atoms with Crippen molar-refractivity contribution in [2.24, 2.45) is 5.92 Å². The minimum absolute atomic E-state index is 0.121. The highest BCUT2D eigenvalue weighted by Gasteiger charge is 2.27. The maximum absolute atomic E-state index is 11.2. The number of furan rings is 1. The molecule has 0 spiro atoms. The maximum Gasteiger partial charge on any atom is 0.338 e. The maximum atomic E-state index is 11.2. The van der Waals surface area contributed by atoms with Crippen LogP contribution in [-0.4, -0.2) is 37.5 Å². The normalized spacial score (nSPS) is 22.1. The van der Waals surface area contributed by atoms with E-state index in [0.717, 1.165) is 0 Å². The van der Waals surface area contributed by atoms with Gasteiger partial charge in [-0.05, 0) is 24.9 Å². The molecule has 1 aliphatic heterocycles. The fourth-order valence-electron chi connectivity index (χ4n) is 2.02. The summed E-state index contributed by atoms with van der Waals surface area (Å²) in [7, 11) is -2.84. The Labute approximate surface area is 105 Å². The van der Waals surface area contributed by atoms with Gasteiger partial charge in [0.15, 0.2) is 9.84 Å². The minimum Gasteiger partial charge on any atom is -0.478 e. The Morgan fingerprint density at radius 2 is 2.33 bits per heavy atom. The average molecular weight is 273 g/mol. The van der Waals surface area contributed by atoms with Gasteiger partial charge in [0.05, 0.1) is 23.6 Å². The molecule has 7 heteroatoms. The highest BCUT2D eigenvalue weighted by Crippen LogP contribution is 2.17. The van der Waals surface area contributed by atoms with Crippen molar-refractivity contribution in [3.8, 4) is 0 Å². The van der Waals surface area contributed by atoms with Crippen LogP contribution in [0, 0.1) is 5.92 Å². The first kappa shape index (κ1) is 13.1. The number of carboxylic acid groups (broad SMARTS) is 1. The van der Waals surface area contributed by atoms with Crippen LogP contribution in [0.2, 0.25) is 0 Å². The lowest BCUT2D eigenvalue weighted by Gasteiger charge is -2.07. The van der Waals surface area contributed by atoms with E-state index in [1.165, 1.54) is 12.3 Å². The molecule has 1 aromatic heterocycles. The zero-order valence-corrected chi connectivity index (χ0v) is 10.6. The molecule has 0 aromatic carbocycles. The van der Waals surface area contributed by atoms with Crippen molar-refractivity contribution in [3.63, 3.8) is 0 Å². The SMILES string of the molecule is O=C(O)c1coc(CNCC2CCS(=O)(=O)C2)c1. The van der Waals surface area contributed by atoms with Gasteiger partial charge >= 0.3 is 5.97 Å². The molecule has 100 valence electrons. The minimum atomic E-state index is -2.84. The number of hydrogen-bond acceptors (Lipinski definition) is 5. The Morgan fingerprint density at radius 1 is 1.56 bits per heavy atom. The Kier molecular flexibility index (Phi) is 3.72. The molecule has 0 amide bonds. The molecular weight excluding hydrogens is 258 g/mol. The topological polar surface area (TPSA) is 96.6 Å². The number of sulfone groups is 1. The number of nitrogens with one attached hydrogen (secondary N) is 1. The van der Waals surface area contributed by atoms with Crippen molar-refractivity contribution in [3.05, 3.63) is 23.7 Å². The molecule has 18 heavy (non-hydrogen) atoms. The van der Waals surface area contributed by atoms with Crippen LogP contribution in [-0.2, 0) is 16.4 Å². The zero-order valence-electron chi connectivity index (χ0n) is 9.76. The fraction of sp³-hybridized carbons (Fsp3) is 0.545. The molecule has 1 aliphatic rings. The van der Waals surface area contributed by atoms with Gasteiger partial charge in [-0.1, -0.05) is 0 Å². The van der Waals surface area contributed by atoms with Crippen molar-refractivity contribution in [2.45, 2.75) is 13.0 Å². The summed E-state index contributed by atoms with van der Waals surface area (Å²) in [6, 6.07) is 1.46. The summed E-state index contributed by atoms with van der Waals surface area (Å²) in [4.78, 5) is 10.6. The van der Waals surface area contributed by atoms with Crippen molar-refractivity contribution < 1.29 is 22.7 Å². The van der Waals surface area contributed by atoms with Crippen LogP contribution in [0.25, 0.3) is 0 Å². The van der Waals surface area contributed by atoms with Gasteiger partial charge in [-0.3, -0.25) is 0 Å². The van der Waals surface area contributed by atoms with Gasteiger partial charge < -0.3 is 14.8 Å². The average Bonchev–Trinajstić information content (AvgIpc) is 2.86. The second-order valence-corrected chi connectivity index (χ2v) is 6.74. The van der Waals surface area contributed by atoms with Crippen LogP contribution < -0.4 is 5.32 Å². The molecule has 1 unspecified atom stereocenters. The summed E-state index contributed by atoms with van der Waals surface area (Å²) in [6.45, 7) is 1.01. The highest BCUT2D eigenvalue weighted by atomic mass is 32.2. The van der Waals surface area contributed by atoms with Gasteiger partial charge in [-0.15, -0.1) is 0 Å². The Bertz CT molecular complexity index is 533. The van der Waals surface area contributed by atoms with Crippen molar-refractivity contribution in [2.75, 3.05) is 18.1 Å². The third kappa shape index (κ3) is 3.33. The van der Waals surface area contributed by atoms with Gasteiger partial charge in [0.1, 0.15) is 12.0 Å². The van der Waals surface area contributed by atoms with E-state index in [9.17, 15) is 13.2 Å². The standard InChI is InChI=1S/C11H15NO5S/c13-11(14)9-3-10(17-6-9)5-12-4-8-1-2-18(15,16)7-8/h3,6,8,12H,1-2,4-5,7H2,(H,13,14). The van der Waals surface area contributed by atoms with Crippen LogP contribution in [0.15, 0.2) is 16.7 Å². The van der Waals surface area contributed by atoms with Gasteiger partial charge in [0.2, 0.25) is 0 Å². The van der Waals surface area contributed by atoms with E-state index in [0.29, 0.717) is 25.3 Å².